The van der Waals surface area contributed by atoms with Gasteiger partial charge >= 0.3 is 5.97 Å². The third-order valence-electron chi connectivity index (χ3n) is 3.27. The van der Waals surface area contributed by atoms with Crippen molar-refractivity contribution in [3.8, 4) is 0 Å². The first-order valence-corrected chi connectivity index (χ1v) is 6.74. The molecule has 0 heterocycles. The van der Waals surface area contributed by atoms with E-state index in [0.29, 0.717) is 11.5 Å². The molecule has 0 fully saturated rings. The molecule has 1 unspecified atom stereocenters. The van der Waals surface area contributed by atoms with Gasteiger partial charge in [-0.05, 0) is 36.6 Å². The third kappa shape index (κ3) is 4.78. The van der Waals surface area contributed by atoms with Crippen LogP contribution in [-0.4, -0.2) is 17.6 Å². The normalized spacial score (nSPS) is 12.1. The van der Waals surface area contributed by atoms with E-state index in [4.69, 9.17) is 5.11 Å². The number of aromatic carboxylic acids is 1. The molecule has 0 saturated carbocycles. The molecule has 0 aromatic heterocycles. The van der Waals surface area contributed by atoms with Crippen LogP contribution in [0.4, 0.5) is 5.69 Å². The van der Waals surface area contributed by atoms with Gasteiger partial charge in [-0.2, -0.15) is 0 Å². The van der Waals surface area contributed by atoms with Gasteiger partial charge in [0.1, 0.15) is 0 Å². The van der Waals surface area contributed by atoms with Gasteiger partial charge in [-0.3, -0.25) is 0 Å². The Labute approximate surface area is 109 Å². The van der Waals surface area contributed by atoms with E-state index in [0.717, 1.165) is 12.2 Å². The van der Waals surface area contributed by atoms with Crippen molar-refractivity contribution in [1.82, 2.24) is 0 Å². The van der Waals surface area contributed by atoms with Gasteiger partial charge in [0.25, 0.3) is 0 Å². The van der Waals surface area contributed by atoms with Crippen LogP contribution >= 0.6 is 0 Å². The zero-order valence-corrected chi connectivity index (χ0v) is 11.3. The fourth-order valence-electron chi connectivity index (χ4n) is 1.94. The highest BCUT2D eigenvalue weighted by molar-refractivity contribution is 5.87. The second-order valence-corrected chi connectivity index (χ2v) is 4.68. The van der Waals surface area contributed by atoms with Gasteiger partial charge in [0, 0.05) is 12.2 Å². The lowest BCUT2D eigenvalue weighted by atomic mass is 9.99. The predicted octanol–water partition coefficient (Wildman–Crippen LogP) is 4.01. The number of hydrogen-bond acceptors (Lipinski definition) is 2. The van der Waals surface area contributed by atoms with E-state index in [1.807, 2.05) is 12.1 Å². The Balaban J connectivity index is 2.44. The number of rotatable bonds is 8. The van der Waals surface area contributed by atoms with Crippen molar-refractivity contribution in [2.45, 2.75) is 39.5 Å². The molecule has 18 heavy (non-hydrogen) atoms. The molecule has 0 radical (unpaired) electrons. The summed E-state index contributed by atoms with van der Waals surface area (Å²) in [5, 5.41) is 12.2. The van der Waals surface area contributed by atoms with Crippen molar-refractivity contribution >= 4 is 11.7 Å². The number of benzene rings is 1. The fraction of sp³-hybridized carbons (Fsp3) is 0.533. The molecule has 100 valence electrons. The van der Waals surface area contributed by atoms with Crippen molar-refractivity contribution < 1.29 is 9.90 Å². The number of nitrogens with one attached hydrogen (secondary N) is 1. The molecule has 1 aromatic carbocycles. The van der Waals surface area contributed by atoms with Gasteiger partial charge in [-0.1, -0.05) is 33.1 Å². The Morgan fingerprint density at radius 1 is 1.28 bits per heavy atom. The summed E-state index contributed by atoms with van der Waals surface area (Å²) in [5.41, 5.74) is 1.33. The van der Waals surface area contributed by atoms with E-state index in [2.05, 4.69) is 19.2 Å². The SMILES string of the molecule is CCCCC(CC)CNc1ccc(C(=O)O)cc1. The molecule has 0 aliphatic heterocycles. The van der Waals surface area contributed by atoms with Crippen LogP contribution in [0.15, 0.2) is 24.3 Å². The molecule has 1 atom stereocenters. The summed E-state index contributed by atoms with van der Waals surface area (Å²) in [6.45, 7) is 5.39. The minimum Gasteiger partial charge on any atom is -0.478 e. The molecule has 2 N–H and O–H groups in total. The summed E-state index contributed by atoms with van der Waals surface area (Å²) >= 11 is 0. The van der Waals surface area contributed by atoms with Gasteiger partial charge in [-0.15, -0.1) is 0 Å². The number of anilines is 1. The van der Waals surface area contributed by atoms with Gasteiger partial charge in [0.15, 0.2) is 0 Å². The van der Waals surface area contributed by atoms with E-state index in [9.17, 15) is 4.79 Å². The van der Waals surface area contributed by atoms with Gasteiger partial charge in [0.05, 0.1) is 5.56 Å². The Kier molecular flexibility index (Phi) is 6.26. The number of unbranched alkanes of at least 4 members (excludes halogenated alkanes) is 1. The maximum atomic E-state index is 10.7. The van der Waals surface area contributed by atoms with E-state index < -0.39 is 5.97 Å². The predicted molar refractivity (Wildman–Crippen MR) is 75.2 cm³/mol. The highest BCUT2D eigenvalue weighted by Crippen LogP contribution is 2.15. The largest absolute Gasteiger partial charge is 0.478 e. The molecule has 0 spiro atoms. The Hall–Kier alpha value is -1.51. The van der Waals surface area contributed by atoms with E-state index >= 15 is 0 Å². The van der Waals surface area contributed by atoms with Crippen LogP contribution < -0.4 is 5.32 Å². The van der Waals surface area contributed by atoms with Crippen LogP contribution in [0.25, 0.3) is 0 Å². The van der Waals surface area contributed by atoms with Crippen LogP contribution in [0.5, 0.6) is 0 Å². The van der Waals surface area contributed by atoms with Gasteiger partial charge in [0.2, 0.25) is 0 Å². The first-order valence-electron chi connectivity index (χ1n) is 6.74. The van der Waals surface area contributed by atoms with Crippen molar-refractivity contribution in [2.24, 2.45) is 5.92 Å². The monoisotopic (exact) mass is 249 g/mol. The topological polar surface area (TPSA) is 49.3 Å². The second kappa shape index (κ2) is 7.75. The number of carboxylic acid groups (broad SMARTS) is 1. The van der Waals surface area contributed by atoms with Gasteiger partial charge in [-0.25, -0.2) is 4.79 Å². The minimum absolute atomic E-state index is 0.332. The van der Waals surface area contributed by atoms with Crippen molar-refractivity contribution in [1.29, 1.82) is 0 Å². The highest BCUT2D eigenvalue weighted by atomic mass is 16.4. The van der Waals surface area contributed by atoms with Crippen molar-refractivity contribution in [3.63, 3.8) is 0 Å². The fourth-order valence-corrected chi connectivity index (χ4v) is 1.94. The summed E-state index contributed by atoms with van der Waals surface area (Å²) in [4.78, 5) is 10.7. The molecule has 0 aliphatic carbocycles. The van der Waals surface area contributed by atoms with Crippen molar-refractivity contribution in [2.75, 3.05) is 11.9 Å². The quantitative estimate of drug-likeness (QED) is 0.731. The van der Waals surface area contributed by atoms with Crippen LogP contribution in [0.3, 0.4) is 0 Å². The molecular weight excluding hydrogens is 226 g/mol. The smallest absolute Gasteiger partial charge is 0.335 e. The molecule has 3 heteroatoms. The molecule has 1 aromatic rings. The van der Waals surface area contributed by atoms with E-state index in [1.54, 1.807) is 12.1 Å². The minimum atomic E-state index is -0.879. The lowest BCUT2D eigenvalue weighted by Crippen LogP contribution is -2.13. The van der Waals surface area contributed by atoms with E-state index in [-0.39, 0.29) is 0 Å². The maximum absolute atomic E-state index is 10.7. The van der Waals surface area contributed by atoms with Crippen LogP contribution in [0.1, 0.15) is 49.9 Å². The highest BCUT2D eigenvalue weighted by Gasteiger charge is 2.06. The number of carboxylic acids is 1. The number of hydrogen-bond donors (Lipinski definition) is 2. The maximum Gasteiger partial charge on any atom is 0.335 e. The molecule has 0 amide bonds. The summed E-state index contributed by atoms with van der Waals surface area (Å²) in [7, 11) is 0. The Bertz CT molecular complexity index is 359. The average molecular weight is 249 g/mol. The van der Waals surface area contributed by atoms with Crippen LogP contribution in [0, 0.1) is 5.92 Å². The molecular formula is C15H23NO2. The summed E-state index contributed by atoms with van der Waals surface area (Å²) in [6, 6.07) is 6.93. The van der Waals surface area contributed by atoms with Crippen LogP contribution in [0.2, 0.25) is 0 Å². The third-order valence-corrected chi connectivity index (χ3v) is 3.27. The lowest BCUT2D eigenvalue weighted by Gasteiger charge is -2.16. The zero-order chi connectivity index (χ0) is 13.4. The van der Waals surface area contributed by atoms with Crippen LogP contribution in [-0.2, 0) is 0 Å². The summed E-state index contributed by atoms with van der Waals surface area (Å²) in [5.74, 6) is -0.181. The second-order valence-electron chi connectivity index (χ2n) is 4.68. The Morgan fingerprint density at radius 3 is 2.44 bits per heavy atom. The van der Waals surface area contributed by atoms with Crippen molar-refractivity contribution in [3.05, 3.63) is 29.8 Å². The Morgan fingerprint density at radius 2 is 1.94 bits per heavy atom. The molecule has 0 saturated heterocycles. The molecule has 0 aliphatic rings. The summed E-state index contributed by atoms with van der Waals surface area (Å²) < 4.78 is 0. The average Bonchev–Trinajstić information content (AvgIpc) is 2.39. The number of carbonyl (C=O) groups is 1. The lowest BCUT2D eigenvalue weighted by molar-refractivity contribution is 0.0697. The van der Waals surface area contributed by atoms with E-state index in [1.165, 1.54) is 25.7 Å². The first-order chi connectivity index (χ1) is 8.67. The molecule has 1 rings (SSSR count). The first kappa shape index (κ1) is 14.6. The summed E-state index contributed by atoms with van der Waals surface area (Å²) in [6.07, 6.45) is 4.95. The molecule has 3 nitrogen and oxygen atoms in total. The molecule has 0 bridgehead atoms. The zero-order valence-electron chi connectivity index (χ0n) is 11.3. The van der Waals surface area contributed by atoms with Gasteiger partial charge < -0.3 is 10.4 Å². The standard InChI is InChI=1S/C15H23NO2/c1-3-5-6-12(4-2)11-16-14-9-7-13(8-10-14)15(17)18/h7-10,12,16H,3-6,11H2,1-2H3,(H,17,18).